The standard InChI is InChI=1S/C7H8ClN4.HI/c1-12-5-6(4-10-11-9)2-3-7(12)8;/h2-3,5H,4H2,1H3;1H/q+1;/p-1. The van der Waals surface area contributed by atoms with E-state index in [1.165, 1.54) is 0 Å². The Morgan fingerprint density at radius 2 is 2.31 bits per heavy atom. The monoisotopic (exact) mass is 310 g/mol. The van der Waals surface area contributed by atoms with E-state index in [1.807, 2.05) is 19.3 Å². The third kappa shape index (κ3) is 3.80. The van der Waals surface area contributed by atoms with E-state index in [0.717, 1.165) is 5.56 Å². The number of azide groups is 1. The molecule has 0 saturated carbocycles. The van der Waals surface area contributed by atoms with E-state index in [1.54, 1.807) is 10.6 Å². The maximum atomic E-state index is 8.08. The molecule has 13 heavy (non-hydrogen) atoms. The first-order valence-electron chi connectivity index (χ1n) is 3.39. The van der Waals surface area contributed by atoms with Gasteiger partial charge in [0.25, 0.3) is 5.15 Å². The number of pyridine rings is 1. The Labute approximate surface area is 98.2 Å². The summed E-state index contributed by atoms with van der Waals surface area (Å²) < 4.78 is 1.77. The van der Waals surface area contributed by atoms with Gasteiger partial charge in [-0.1, -0.05) is 5.11 Å². The third-order valence-corrected chi connectivity index (χ3v) is 1.84. The first-order valence-corrected chi connectivity index (χ1v) is 3.77. The summed E-state index contributed by atoms with van der Waals surface area (Å²) in [6.45, 7) is 0.363. The molecule has 1 aromatic rings. The van der Waals surface area contributed by atoms with Gasteiger partial charge in [-0.25, -0.2) is 0 Å². The molecule has 0 aliphatic carbocycles. The molecule has 0 aromatic carbocycles. The van der Waals surface area contributed by atoms with Crippen LogP contribution < -0.4 is 28.5 Å². The average Bonchev–Trinajstić information content (AvgIpc) is 2.07. The topological polar surface area (TPSA) is 52.6 Å². The highest BCUT2D eigenvalue weighted by Gasteiger charge is 2.02. The molecule has 0 N–H and O–H groups in total. The normalized spacial score (nSPS) is 8.46. The minimum Gasteiger partial charge on any atom is -1.00 e. The van der Waals surface area contributed by atoms with Gasteiger partial charge < -0.3 is 24.0 Å². The Bertz CT molecular complexity index is 335. The number of nitrogens with zero attached hydrogens (tertiary/aromatic N) is 4. The summed E-state index contributed by atoms with van der Waals surface area (Å²) in [5.74, 6) is 0. The molecule has 0 saturated heterocycles. The lowest BCUT2D eigenvalue weighted by molar-refractivity contribution is -0.669. The fourth-order valence-corrected chi connectivity index (χ4v) is 0.965. The maximum absolute atomic E-state index is 8.08. The van der Waals surface area contributed by atoms with Crippen LogP contribution in [-0.2, 0) is 13.6 Å². The van der Waals surface area contributed by atoms with E-state index >= 15 is 0 Å². The van der Waals surface area contributed by atoms with Crippen LogP contribution in [-0.4, -0.2) is 0 Å². The fraction of sp³-hybridized carbons (Fsp3) is 0.286. The zero-order valence-electron chi connectivity index (χ0n) is 6.98. The number of hydrogen-bond donors (Lipinski definition) is 0. The van der Waals surface area contributed by atoms with Crippen LogP contribution in [0.2, 0.25) is 5.15 Å². The number of halogens is 2. The molecule has 4 nitrogen and oxygen atoms in total. The van der Waals surface area contributed by atoms with Crippen LogP contribution in [0.15, 0.2) is 23.4 Å². The van der Waals surface area contributed by atoms with Gasteiger partial charge in [0, 0.05) is 16.5 Å². The second kappa shape index (κ2) is 6.01. The van der Waals surface area contributed by atoms with Crippen molar-refractivity contribution >= 4 is 11.6 Å². The molecule has 6 heteroatoms. The molecule has 1 heterocycles. The molecule has 0 amide bonds. The Morgan fingerprint density at radius 1 is 1.62 bits per heavy atom. The molecule has 0 atom stereocenters. The van der Waals surface area contributed by atoms with Crippen molar-refractivity contribution in [2.24, 2.45) is 12.2 Å². The van der Waals surface area contributed by atoms with Gasteiger partial charge in [0.15, 0.2) is 6.20 Å². The molecule has 0 fully saturated rings. The second-order valence-electron chi connectivity index (χ2n) is 2.36. The van der Waals surface area contributed by atoms with E-state index in [0.29, 0.717) is 11.7 Å². The summed E-state index contributed by atoms with van der Waals surface area (Å²) in [6, 6.07) is 3.60. The van der Waals surface area contributed by atoms with Crippen molar-refractivity contribution in [2.75, 3.05) is 0 Å². The molecular weight excluding hydrogens is 302 g/mol. The number of rotatable bonds is 2. The summed E-state index contributed by atoms with van der Waals surface area (Å²) in [5, 5.41) is 4.09. The van der Waals surface area contributed by atoms with Gasteiger partial charge in [0.2, 0.25) is 0 Å². The van der Waals surface area contributed by atoms with Gasteiger partial charge in [-0.2, -0.15) is 4.57 Å². The highest BCUT2D eigenvalue weighted by atomic mass is 127. The molecule has 0 aliphatic heterocycles. The summed E-state index contributed by atoms with van der Waals surface area (Å²) in [5.41, 5.74) is 9.02. The van der Waals surface area contributed by atoms with Crippen molar-refractivity contribution in [3.8, 4) is 0 Å². The summed E-state index contributed by atoms with van der Waals surface area (Å²) >= 11 is 5.77. The van der Waals surface area contributed by atoms with Crippen LogP contribution in [0.3, 0.4) is 0 Å². The molecule has 0 spiro atoms. The summed E-state index contributed by atoms with van der Waals surface area (Å²) in [6.07, 6.45) is 1.83. The van der Waals surface area contributed by atoms with Crippen LogP contribution in [0.25, 0.3) is 10.4 Å². The lowest BCUT2D eigenvalue weighted by Crippen LogP contribution is -3.00. The highest BCUT2D eigenvalue weighted by molar-refractivity contribution is 6.28. The smallest absolute Gasteiger partial charge is 0.274 e. The van der Waals surface area contributed by atoms with Crippen molar-refractivity contribution in [3.05, 3.63) is 39.5 Å². The molecule has 0 radical (unpaired) electrons. The number of aryl methyl sites for hydroxylation is 1. The largest absolute Gasteiger partial charge is 1.00 e. The molecule has 1 rings (SSSR count). The summed E-state index contributed by atoms with van der Waals surface area (Å²) in [4.78, 5) is 2.67. The van der Waals surface area contributed by atoms with Gasteiger partial charge in [0.1, 0.15) is 7.05 Å². The lowest BCUT2D eigenvalue weighted by Gasteiger charge is -1.93. The van der Waals surface area contributed by atoms with Crippen molar-refractivity contribution in [1.29, 1.82) is 0 Å². The van der Waals surface area contributed by atoms with Crippen LogP contribution in [0.4, 0.5) is 0 Å². The minimum atomic E-state index is 0. The quantitative estimate of drug-likeness (QED) is 0.168. The molecule has 0 bridgehead atoms. The van der Waals surface area contributed by atoms with Gasteiger partial charge >= 0.3 is 0 Å². The highest BCUT2D eigenvalue weighted by Crippen LogP contribution is 2.03. The zero-order chi connectivity index (χ0) is 8.97. The first kappa shape index (κ1) is 12.5. The fourth-order valence-electron chi connectivity index (χ4n) is 0.854. The van der Waals surface area contributed by atoms with Crippen LogP contribution in [0.1, 0.15) is 5.56 Å². The number of aromatic nitrogens is 1. The van der Waals surface area contributed by atoms with E-state index in [4.69, 9.17) is 17.1 Å². The second-order valence-corrected chi connectivity index (χ2v) is 2.75. The third-order valence-electron chi connectivity index (χ3n) is 1.45. The Morgan fingerprint density at radius 3 is 2.85 bits per heavy atom. The maximum Gasteiger partial charge on any atom is 0.274 e. The molecule has 1 aromatic heterocycles. The van der Waals surface area contributed by atoms with Crippen molar-refractivity contribution in [3.63, 3.8) is 0 Å². The van der Waals surface area contributed by atoms with Gasteiger partial charge in [-0.05, 0) is 23.2 Å². The van der Waals surface area contributed by atoms with E-state index < -0.39 is 0 Å². The van der Waals surface area contributed by atoms with Crippen molar-refractivity contribution in [1.82, 2.24) is 0 Å². The zero-order valence-corrected chi connectivity index (χ0v) is 9.90. The van der Waals surface area contributed by atoms with Crippen LogP contribution in [0.5, 0.6) is 0 Å². The SMILES string of the molecule is C[n+]1cc(CN=[N+]=[N-])ccc1Cl.[I-]. The Kier molecular flexibility index (Phi) is 5.77. The predicted octanol–water partition coefficient (Wildman–Crippen LogP) is -1.02. The Hall–Kier alpha value is -0.520. The average molecular weight is 311 g/mol. The van der Waals surface area contributed by atoms with E-state index in [2.05, 4.69) is 10.0 Å². The van der Waals surface area contributed by atoms with Gasteiger partial charge in [-0.3, -0.25) is 0 Å². The van der Waals surface area contributed by atoms with Crippen molar-refractivity contribution < 1.29 is 28.5 Å². The number of hydrogen-bond acceptors (Lipinski definition) is 1. The molecule has 0 unspecified atom stereocenters. The van der Waals surface area contributed by atoms with Crippen molar-refractivity contribution in [2.45, 2.75) is 6.54 Å². The molecular formula is C7H8ClIN4. The van der Waals surface area contributed by atoms with Gasteiger partial charge in [0.05, 0.1) is 6.54 Å². The first-order chi connectivity index (χ1) is 5.74. The minimum absolute atomic E-state index is 0. The molecule has 0 aliphatic rings. The Balaban J connectivity index is 0.00000144. The molecule has 70 valence electrons. The van der Waals surface area contributed by atoms with E-state index in [9.17, 15) is 0 Å². The van der Waals surface area contributed by atoms with E-state index in [-0.39, 0.29) is 24.0 Å². The lowest BCUT2D eigenvalue weighted by atomic mass is 10.3. The predicted molar refractivity (Wildman–Crippen MR) is 45.5 cm³/mol. The summed E-state index contributed by atoms with van der Waals surface area (Å²) in [7, 11) is 1.84. The van der Waals surface area contributed by atoms with Crippen LogP contribution in [0, 0.1) is 0 Å². The van der Waals surface area contributed by atoms with Crippen LogP contribution >= 0.6 is 11.6 Å². The van der Waals surface area contributed by atoms with Gasteiger partial charge in [-0.15, -0.1) is 0 Å².